The van der Waals surface area contributed by atoms with E-state index in [4.69, 9.17) is 16.3 Å². The molecule has 0 N–H and O–H groups in total. The number of carbonyl (C=O) groups is 1. The van der Waals surface area contributed by atoms with Gasteiger partial charge in [0.2, 0.25) is 5.78 Å². The lowest BCUT2D eigenvalue weighted by molar-refractivity contribution is -0.143. The standard InChI is InChI=1S/C19H18ClN5O4/c1-4-29-14(26)10-24-17(27)15-16(22(3)19(24)28)21-18-23(15)9-11(2)25(18)13-8-6-5-7-12(13)20/h5-9H,4,10H2,1-3H3. The molecule has 0 amide bonds. The van der Waals surface area contributed by atoms with Crippen LogP contribution in [0.1, 0.15) is 12.6 Å². The molecule has 3 aromatic heterocycles. The molecule has 3 heterocycles. The summed E-state index contributed by atoms with van der Waals surface area (Å²) in [4.78, 5) is 42.2. The van der Waals surface area contributed by atoms with Gasteiger partial charge in [0.1, 0.15) is 6.54 Å². The van der Waals surface area contributed by atoms with Crippen molar-refractivity contribution in [2.24, 2.45) is 7.05 Å². The quantitative estimate of drug-likeness (QED) is 0.473. The van der Waals surface area contributed by atoms with Crippen molar-refractivity contribution in [3.8, 4) is 5.69 Å². The molecule has 0 radical (unpaired) electrons. The maximum atomic E-state index is 13.1. The van der Waals surface area contributed by atoms with Crippen molar-refractivity contribution < 1.29 is 9.53 Å². The third kappa shape index (κ3) is 2.85. The first-order chi connectivity index (χ1) is 13.8. The lowest BCUT2D eigenvalue weighted by Crippen LogP contribution is -2.41. The highest BCUT2D eigenvalue weighted by atomic mass is 35.5. The van der Waals surface area contributed by atoms with Crippen LogP contribution in [0.25, 0.3) is 22.6 Å². The summed E-state index contributed by atoms with van der Waals surface area (Å²) in [5, 5.41) is 0.523. The van der Waals surface area contributed by atoms with Crippen LogP contribution >= 0.6 is 11.6 Å². The lowest BCUT2D eigenvalue weighted by atomic mass is 10.3. The van der Waals surface area contributed by atoms with Crippen molar-refractivity contribution in [3.63, 3.8) is 0 Å². The van der Waals surface area contributed by atoms with E-state index in [1.165, 1.54) is 11.6 Å². The number of hydrogen-bond donors (Lipinski definition) is 0. The Morgan fingerprint density at radius 1 is 1.24 bits per heavy atom. The number of imidazole rings is 2. The molecule has 0 fully saturated rings. The largest absolute Gasteiger partial charge is 0.465 e. The Labute approximate surface area is 169 Å². The van der Waals surface area contributed by atoms with Gasteiger partial charge in [-0.25, -0.2) is 9.36 Å². The van der Waals surface area contributed by atoms with Gasteiger partial charge in [0.15, 0.2) is 11.2 Å². The summed E-state index contributed by atoms with van der Waals surface area (Å²) in [7, 11) is 1.50. The summed E-state index contributed by atoms with van der Waals surface area (Å²) in [5.41, 5.74) is 0.662. The number of carbonyl (C=O) groups excluding carboxylic acids is 1. The van der Waals surface area contributed by atoms with Gasteiger partial charge in [0, 0.05) is 18.9 Å². The van der Waals surface area contributed by atoms with Crippen LogP contribution in [0.3, 0.4) is 0 Å². The van der Waals surface area contributed by atoms with E-state index in [1.54, 1.807) is 23.6 Å². The number of hydrogen-bond acceptors (Lipinski definition) is 5. The molecule has 0 saturated carbocycles. The molecule has 0 saturated heterocycles. The van der Waals surface area contributed by atoms with Gasteiger partial charge >= 0.3 is 11.7 Å². The molecule has 0 atom stereocenters. The van der Waals surface area contributed by atoms with Crippen molar-refractivity contribution in [2.75, 3.05) is 6.61 Å². The average Bonchev–Trinajstić information content (AvgIpc) is 3.19. The summed E-state index contributed by atoms with van der Waals surface area (Å²) < 4.78 is 10.4. The zero-order valence-corrected chi connectivity index (χ0v) is 16.8. The van der Waals surface area contributed by atoms with E-state index in [0.717, 1.165) is 10.3 Å². The molecule has 0 bridgehead atoms. The van der Waals surface area contributed by atoms with E-state index < -0.39 is 23.8 Å². The highest BCUT2D eigenvalue weighted by Gasteiger charge is 2.22. The molecule has 4 rings (SSSR count). The third-order valence-corrected chi connectivity index (χ3v) is 5.03. The van der Waals surface area contributed by atoms with Crippen molar-refractivity contribution in [2.45, 2.75) is 20.4 Å². The number of fused-ring (bicyclic) bond motifs is 3. The minimum Gasteiger partial charge on any atom is -0.465 e. The normalized spacial score (nSPS) is 11.4. The Balaban J connectivity index is 2.05. The number of ether oxygens (including phenoxy) is 1. The fraction of sp³-hybridized carbons (Fsp3) is 0.263. The maximum Gasteiger partial charge on any atom is 0.333 e. The summed E-state index contributed by atoms with van der Waals surface area (Å²) in [5.74, 6) is -0.219. The van der Waals surface area contributed by atoms with Crippen LogP contribution in [0.15, 0.2) is 40.1 Å². The Bertz CT molecular complexity index is 1390. The van der Waals surface area contributed by atoms with Crippen LogP contribution in [0.2, 0.25) is 5.02 Å². The van der Waals surface area contributed by atoms with Crippen LogP contribution in [-0.2, 0) is 23.1 Å². The Morgan fingerprint density at radius 3 is 2.66 bits per heavy atom. The first-order valence-electron chi connectivity index (χ1n) is 8.95. The van der Waals surface area contributed by atoms with Crippen LogP contribution in [0, 0.1) is 6.92 Å². The fourth-order valence-electron chi connectivity index (χ4n) is 3.42. The molecule has 10 heteroatoms. The molecule has 9 nitrogen and oxygen atoms in total. The number of nitrogens with zero attached hydrogens (tertiary/aromatic N) is 5. The van der Waals surface area contributed by atoms with Crippen molar-refractivity contribution in [3.05, 3.63) is 62.0 Å². The molecule has 0 spiro atoms. The van der Waals surface area contributed by atoms with Crippen molar-refractivity contribution >= 4 is 34.5 Å². The second-order valence-electron chi connectivity index (χ2n) is 6.55. The second kappa shape index (κ2) is 6.93. The second-order valence-corrected chi connectivity index (χ2v) is 6.96. The number of halogens is 1. The fourth-order valence-corrected chi connectivity index (χ4v) is 3.64. The summed E-state index contributed by atoms with van der Waals surface area (Å²) in [6.45, 7) is 3.21. The molecular formula is C19H18ClN5O4. The van der Waals surface area contributed by atoms with Gasteiger partial charge in [-0.2, -0.15) is 4.98 Å². The Hall–Kier alpha value is -3.33. The van der Waals surface area contributed by atoms with Gasteiger partial charge in [-0.1, -0.05) is 23.7 Å². The smallest absolute Gasteiger partial charge is 0.333 e. The first kappa shape index (κ1) is 19.0. The van der Waals surface area contributed by atoms with Gasteiger partial charge in [-0.3, -0.25) is 23.1 Å². The van der Waals surface area contributed by atoms with Gasteiger partial charge in [-0.15, -0.1) is 0 Å². The van der Waals surface area contributed by atoms with E-state index in [1.807, 2.05) is 29.7 Å². The van der Waals surface area contributed by atoms with E-state index >= 15 is 0 Å². The molecule has 0 aliphatic rings. The van der Waals surface area contributed by atoms with E-state index in [0.29, 0.717) is 16.5 Å². The van der Waals surface area contributed by atoms with Gasteiger partial charge in [-0.05, 0) is 26.0 Å². The first-order valence-corrected chi connectivity index (χ1v) is 9.33. The highest BCUT2D eigenvalue weighted by molar-refractivity contribution is 6.32. The lowest BCUT2D eigenvalue weighted by Gasteiger charge is -2.08. The zero-order chi connectivity index (χ0) is 20.9. The SMILES string of the molecule is CCOC(=O)Cn1c(=O)c2c(nc3n(-c4ccccc4Cl)c(C)cn23)n(C)c1=O. The number of para-hydroxylation sites is 1. The molecule has 4 aromatic rings. The maximum absolute atomic E-state index is 13.1. The van der Waals surface area contributed by atoms with Gasteiger partial charge < -0.3 is 4.74 Å². The van der Waals surface area contributed by atoms with Crippen LogP contribution < -0.4 is 11.2 Å². The predicted octanol–water partition coefficient (Wildman–Crippen LogP) is 1.66. The van der Waals surface area contributed by atoms with E-state index in [2.05, 4.69) is 4.98 Å². The molecular weight excluding hydrogens is 398 g/mol. The molecule has 29 heavy (non-hydrogen) atoms. The summed E-state index contributed by atoms with van der Waals surface area (Å²) in [6.07, 6.45) is 1.74. The van der Waals surface area contributed by atoms with E-state index in [9.17, 15) is 14.4 Å². The van der Waals surface area contributed by atoms with Crippen LogP contribution in [0.4, 0.5) is 0 Å². The monoisotopic (exact) mass is 415 g/mol. The highest BCUT2D eigenvalue weighted by Crippen LogP contribution is 2.25. The number of benzene rings is 1. The predicted molar refractivity (Wildman–Crippen MR) is 108 cm³/mol. The van der Waals surface area contributed by atoms with Crippen molar-refractivity contribution in [1.82, 2.24) is 23.1 Å². The topological polar surface area (TPSA) is 92.5 Å². The Morgan fingerprint density at radius 2 is 1.97 bits per heavy atom. The number of rotatable bonds is 4. The van der Waals surface area contributed by atoms with Crippen LogP contribution in [-0.4, -0.2) is 35.7 Å². The van der Waals surface area contributed by atoms with Gasteiger partial charge in [0.25, 0.3) is 5.56 Å². The van der Waals surface area contributed by atoms with Gasteiger partial charge in [0.05, 0.1) is 17.3 Å². The average molecular weight is 416 g/mol. The molecule has 150 valence electrons. The molecule has 0 aliphatic carbocycles. The minimum absolute atomic E-state index is 0.160. The van der Waals surface area contributed by atoms with E-state index in [-0.39, 0.29) is 17.8 Å². The molecule has 1 aromatic carbocycles. The number of aromatic nitrogens is 5. The summed E-state index contributed by atoms with van der Waals surface area (Å²) in [6, 6.07) is 7.27. The minimum atomic E-state index is -0.656. The number of aryl methyl sites for hydroxylation is 2. The van der Waals surface area contributed by atoms with Crippen molar-refractivity contribution in [1.29, 1.82) is 0 Å². The zero-order valence-electron chi connectivity index (χ0n) is 16.0. The van der Waals surface area contributed by atoms with Crippen LogP contribution in [0.5, 0.6) is 0 Å². The number of esters is 1. The summed E-state index contributed by atoms with van der Waals surface area (Å²) >= 11 is 6.36. The Kier molecular flexibility index (Phi) is 4.54. The molecule has 0 unspecified atom stereocenters. The third-order valence-electron chi connectivity index (χ3n) is 4.71. The molecule has 0 aliphatic heterocycles.